The highest BCUT2D eigenvalue weighted by Gasteiger charge is 2.20. The van der Waals surface area contributed by atoms with Crippen molar-refractivity contribution in [3.05, 3.63) is 24.3 Å². The zero-order chi connectivity index (χ0) is 14.5. The summed E-state index contributed by atoms with van der Waals surface area (Å²) in [5, 5.41) is 6.20. The Morgan fingerprint density at radius 3 is 2.68 bits per heavy atom. The highest BCUT2D eigenvalue weighted by molar-refractivity contribution is 5.94. The van der Waals surface area contributed by atoms with Gasteiger partial charge in [-0.15, -0.1) is 12.4 Å². The van der Waals surface area contributed by atoms with Gasteiger partial charge in [-0.25, -0.2) is 0 Å². The number of benzene rings is 1. The van der Waals surface area contributed by atoms with E-state index in [9.17, 15) is 4.79 Å². The Kier molecular flexibility index (Phi) is 6.49. The molecule has 0 aliphatic carbocycles. The molecule has 2 atom stereocenters. The average Bonchev–Trinajstić information content (AvgIpc) is 3.03. The van der Waals surface area contributed by atoms with Crippen LogP contribution in [-0.2, 0) is 9.53 Å². The first-order valence-corrected chi connectivity index (χ1v) is 7.70. The first kappa shape index (κ1) is 17.1. The number of carbonyl (C=O) groups excluding carboxylic acids is 1. The maximum absolute atomic E-state index is 12.1. The first-order valence-electron chi connectivity index (χ1n) is 7.70. The molecule has 3 rings (SSSR count). The molecule has 2 heterocycles. The molecular formula is C16H23ClN2O3. The Balaban J connectivity index is 0.00000176. The van der Waals surface area contributed by atoms with Crippen molar-refractivity contribution in [1.29, 1.82) is 0 Å². The van der Waals surface area contributed by atoms with E-state index in [4.69, 9.17) is 9.47 Å². The lowest BCUT2D eigenvalue weighted by Gasteiger charge is -2.22. The first-order chi connectivity index (χ1) is 10.3. The van der Waals surface area contributed by atoms with Crippen LogP contribution in [0.15, 0.2) is 24.3 Å². The third-order valence-corrected chi connectivity index (χ3v) is 3.94. The highest BCUT2D eigenvalue weighted by atomic mass is 35.5. The van der Waals surface area contributed by atoms with Crippen LogP contribution < -0.4 is 15.4 Å². The zero-order valence-electron chi connectivity index (χ0n) is 12.5. The summed E-state index contributed by atoms with van der Waals surface area (Å²) in [5.74, 6) is 0.867. The molecule has 22 heavy (non-hydrogen) atoms. The van der Waals surface area contributed by atoms with Crippen molar-refractivity contribution in [1.82, 2.24) is 5.32 Å². The molecule has 1 aromatic carbocycles. The lowest BCUT2D eigenvalue weighted by atomic mass is 10.0. The number of rotatable bonds is 4. The predicted octanol–water partition coefficient (Wildman–Crippen LogP) is 2.36. The topological polar surface area (TPSA) is 59.6 Å². The summed E-state index contributed by atoms with van der Waals surface area (Å²) in [6.07, 6.45) is 4.26. The van der Waals surface area contributed by atoms with Crippen molar-refractivity contribution >= 4 is 24.0 Å². The second-order valence-electron chi connectivity index (χ2n) is 5.62. The summed E-state index contributed by atoms with van der Waals surface area (Å²) in [5.41, 5.74) is 0.808. The van der Waals surface area contributed by atoms with Crippen molar-refractivity contribution in [2.75, 3.05) is 25.1 Å². The molecule has 0 aromatic heterocycles. The molecule has 1 amide bonds. The molecule has 2 N–H and O–H groups in total. The Morgan fingerprint density at radius 2 is 2.05 bits per heavy atom. The number of hydrogen-bond acceptors (Lipinski definition) is 4. The fraction of sp³-hybridized carbons (Fsp3) is 0.562. The fourth-order valence-corrected chi connectivity index (χ4v) is 2.72. The van der Waals surface area contributed by atoms with Crippen LogP contribution in [-0.4, -0.2) is 37.8 Å². The summed E-state index contributed by atoms with van der Waals surface area (Å²) in [6.45, 7) is 2.35. The number of nitrogens with one attached hydrogen (secondary N) is 2. The van der Waals surface area contributed by atoms with Gasteiger partial charge in [-0.05, 0) is 43.7 Å². The lowest BCUT2D eigenvalue weighted by Crippen LogP contribution is -2.43. The molecule has 6 heteroatoms. The van der Waals surface area contributed by atoms with E-state index in [0.29, 0.717) is 6.61 Å². The molecule has 2 fully saturated rings. The van der Waals surface area contributed by atoms with Crippen molar-refractivity contribution in [3.63, 3.8) is 0 Å². The summed E-state index contributed by atoms with van der Waals surface area (Å²) in [7, 11) is 0. The van der Waals surface area contributed by atoms with Gasteiger partial charge in [0.05, 0.1) is 19.3 Å². The van der Waals surface area contributed by atoms with Crippen LogP contribution in [0.25, 0.3) is 0 Å². The number of halogens is 1. The van der Waals surface area contributed by atoms with Crippen molar-refractivity contribution < 1.29 is 14.3 Å². The van der Waals surface area contributed by atoms with Gasteiger partial charge in [0, 0.05) is 12.1 Å². The van der Waals surface area contributed by atoms with Gasteiger partial charge >= 0.3 is 0 Å². The van der Waals surface area contributed by atoms with Gasteiger partial charge in [-0.3, -0.25) is 4.79 Å². The number of piperidine rings is 1. The monoisotopic (exact) mass is 326 g/mol. The molecular weight excluding hydrogens is 304 g/mol. The van der Waals surface area contributed by atoms with Gasteiger partial charge in [-0.1, -0.05) is 6.42 Å². The van der Waals surface area contributed by atoms with Crippen molar-refractivity contribution in [2.45, 2.75) is 37.8 Å². The molecule has 5 nitrogen and oxygen atoms in total. The average molecular weight is 327 g/mol. The Hall–Kier alpha value is -1.30. The van der Waals surface area contributed by atoms with Crippen molar-refractivity contribution in [3.8, 4) is 5.75 Å². The smallest absolute Gasteiger partial charge is 0.241 e. The van der Waals surface area contributed by atoms with Gasteiger partial charge in [0.25, 0.3) is 0 Å². The van der Waals surface area contributed by atoms with E-state index >= 15 is 0 Å². The highest BCUT2D eigenvalue weighted by Crippen LogP contribution is 2.20. The van der Waals surface area contributed by atoms with E-state index in [1.807, 2.05) is 24.3 Å². The molecule has 2 aliphatic rings. The predicted molar refractivity (Wildman–Crippen MR) is 87.8 cm³/mol. The Labute approximate surface area is 137 Å². The molecule has 0 bridgehead atoms. The van der Waals surface area contributed by atoms with E-state index in [2.05, 4.69) is 10.6 Å². The zero-order valence-corrected chi connectivity index (χ0v) is 13.4. The van der Waals surface area contributed by atoms with Crippen LogP contribution in [0.3, 0.4) is 0 Å². The SMILES string of the molecule is Cl.O=C(Nc1ccc(OC2CCOC2)cc1)C1CCCCN1. The van der Waals surface area contributed by atoms with E-state index in [0.717, 1.165) is 50.3 Å². The number of hydrogen-bond donors (Lipinski definition) is 2. The second kappa shape index (κ2) is 8.36. The standard InChI is InChI=1S/C16H22N2O3.ClH/c19-16(15-3-1-2-9-17-15)18-12-4-6-13(7-5-12)21-14-8-10-20-11-14;/h4-7,14-15,17H,1-3,8-11H2,(H,18,19);1H. The molecule has 1 aromatic rings. The van der Waals surface area contributed by atoms with Gasteiger partial charge < -0.3 is 20.1 Å². The summed E-state index contributed by atoms with van der Waals surface area (Å²) in [4.78, 5) is 12.1. The molecule has 2 aliphatic heterocycles. The number of ether oxygens (including phenoxy) is 2. The van der Waals surface area contributed by atoms with Gasteiger partial charge in [-0.2, -0.15) is 0 Å². The summed E-state index contributed by atoms with van der Waals surface area (Å²) >= 11 is 0. The Bertz CT molecular complexity index is 469. The van der Waals surface area contributed by atoms with Crippen LogP contribution in [0.2, 0.25) is 0 Å². The van der Waals surface area contributed by atoms with E-state index in [1.54, 1.807) is 0 Å². The normalized spacial score (nSPS) is 24.4. The van der Waals surface area contributed by atoms with Crippen LogP contribution in [0.4, 0.5) is 5.69 Å². The molecule has 122 valence electrons. The van der Waals surface area contributed by atoms with Crippen LogP contribution in [0.5, 0.6) is 5.75 Å². The van der Waals surface area contributed by atoms with Crippen LogP contribution >= 0.6 is 12.4 Å². The number of amides is 1. The molecule has 2 saturated heterocycles. The van der Waals surface area contributed by atoms with Crippen LogP contribution in [0, 0.1) is 0 Å². The molecule has 0 spiro atoms. The van der Waals surface area contributed by atoms with Gasteiger partial charge in [0.1, 0.15) is 11.9 Å². The van der Waals surface area contributed by atoms with Gasteiger partial charge in [0.15, 0.2) is 0 Å². The molecule has 2 unspecified atom stereocenters. The van der Waals surface area contributed by atoms with E-state index < -0.39 is 0 Å². The maximum atomic E-state index is 12.1. The van der Waals surface area contributed by atoms with E-state index in [-0.39, 0.29) is 30.5 Å². The van der Waals surface area contributed by atoms with E-state index in [1.165, 1.54) is 0 Å². The Morgan fingerprint density at radius 1 is 1.23 bits per heavy atom. The minimum atomic E-state index is -0.0645. The van der Waals surface area contributed by atoms with Crippen LogP contribution in [0.1, 0.15) is 25.7 Å². The minimum Gasteiger partial charge on any atom is -0.488 e. The summed E-state index contributed by atoms with van der Waals surface area (Å²) < 4.78 is 11.1. The number of carbonyl (C=O) groups is 1. The third-order valence-electron chi connectivity index (χ3n) is 3.94. The third kappa shape index (κ3) is 4.60. The minimum absolute atomic E-state index is 0. The number of anilines is 1. The van der Waals surface area contributed by atoms with Crippen molar-refractivity contribution in [2.24, 2.45) is 0 Å². The molecule has 0 saturated carbocycles. The molecule has 0 radical (unpaired) electrons. The maximum Gasteiger partial charge on any atom is 0.241 e. The summed E-state index contributed by atoms with van der Waals surface area (Å²) in [6, 6.07) is 7.48. The van der Waals surface area contributed by atoms with Gasteiger partial charge in [0.2, 0.25) is 5.91 Å². The quantitative estimate of drug-likeness (QED) is 0.891. The second-order valence-corrected chi connectivity index (χ2v) is 5.62. The lowest BCUT2D eigenvalue weighted by molar-refractivity contribution is -0.118. The largest absolute Gasteiger partial charge is 0.488 e. The fourth-order valence-electron chi connectivity index (χ4n) is 2.72.